The van der Waals surface area contributed by atoms with E-state index >= 15 is 0 Å². The molecule has 1 fully saturated rings. The molecule has 3 rings (SSSR count). The zero-order valence-electron chi connectivity index (χ0n) is 12.1. The molecule has 5 nitrogen and oxygen atoms in total. The van der Waals surface area contributed by atoms with Crippen LogP contribution < -0.4 is 0 Å². The Hall–Kier alpha value is -1.36. The van der Waals surface area contributed by atoms with Gasteiger partial charge < -0.3 is 14.4 Å². The lowest BCUT2D eigenvalue weighted by Gasteiger charge is -2.19. The molecule has 0 spiro atoms. The Labute approximate surface area is 119 Å². The Kier molecular flexibility index (Phi) is 3.54. The molecule has 3 unspecified atom stereocenters. The van der Waals surface area contributed by atoms with E-state index in [9.17, 15) is 9.90 Å². The fourth-order valence-electron chi connectivity index (χ4n) is 3.62. The van der Waals surface area contributed by atoms with Crippen LogP contribution in [0.3, 0.4) is 0 Å². The van der Waals surface area contributed by atoms with Crippen molar-refractivity contribution in [1.29, 1.82) is 0 Å². The highest BCUT2D eigenvalue weighted by Gasteiger charge is 2.35. The summed E-state index contributed by atoms with van der Waals surface area (Å²) >= 11 is 0. The second-order valence-corrected chi connectivity index (χ2v) is 5.91. The van der Waals surface area contributed by atoms with E-state index in [4.69, 9.17) is 9.72 Å². The van der Waals surface area contributed by atoms with Crippen molar-refractivity contribution in [3.05, 3.63) is 17.2 Å². The van der Waals surface area contributed by atoms with Crippen LogP contribution in [0.25, 0.3) is 0 Å². The maximum atomic E-state index is 11.2. The predicted octanol–water partition coefficient (Wildman–Crippen LogP) is 1.89. The van der Waals surface area contributed by atoms with Gasteiger partial charge in [0.25, 0.3) is 0 Å². The molecule has 1 aliphatic heterocycles. The highest BCUT2D eigenvalue weighted by atomic mass is 16.5. The topological polar surface area (TPSA) is 64.4 Å². The third-order valence-electron chi connectivity index (χ3n) is 4.79. The van der Waals surface area contributed by atoms with Crippen molar-refractivity contribution >= 4 is 5.97 Å². The van der Waals surface area contributed by atoms with Crippen molar-refractivity contribution in [3.8, 4) is 0 Å². The van der Waals surface area contributed by atoms with Crippen LogP contribution >= 0.6 is 0 Å². The molecule has 1 aromatic rings. The molecule has 2 aliphatic rings. The van der Waals surface area contributed by atoms with Gasteiger partial charge in [-0.25, -0.2) is 4.98 Å². The molecule has 0 aromatic carbocycles. The summed E-state index contributed by atoms with van der Waals surface area (Å²) in [7, 11) is 2.06. The van der Waals surface area contributed by atoms with E-state index in [2.05, 4.69) is 18.5 Å². The van der Waals surface area contributed by atoms with Crippen LogP contribution in [0.4, 0.5) is 0 Å². The van der Waals surface area contributed by atoms with E-state index in [-0.39, 0.29) is 12.0 Å². The number of nitrogens with zero attached hydrogens (tertiary/aromatic N) is 2. The molecule has 1 aromatic heterocycles. The van der Waals surface area contributed by atoms with Crippen LogP contribution in [0.1, 0.15) is 49.3 Å². The normalized spacial score (nSPS) is 29.4. The molecular weight excluding hydrogens is 256 g/mol. The third-order valence-corrected chi connectivity index (χ3v) is 4.79. The average molecular weight is 278 g/mol. The first kappa shape index (κ1) is 13.6. The Bertz CT molecular complexity index is 523. The highest BCUT2D eigenvalue weighted by molar-refractivity contribution is 5.70. The fraction of sp³-hybridized carbons (Fsp3) is 0.733. The first-order valence-corrected chi connectivity index (χ1v) is 7.50. The summed E-state index contributed by atoms with van der Waals surface area (Å²) in [5, 5.41) is 9.18. The number of hydrogen-bond donors (Lipinski definition) is 1. The van der Waals surface area contributed by atoms with E-state index in [1.165, 1.54) is 5.69 Å². The van der Waals surface area contributed by atoms with Crippen molar-refractivity contribution in [2.75, 3.05) is 6.61 Å². The molecule has 1 N–H and O–H groups in total. The maximum Gasteiger partial charge on any atom is 0.306 e. The summed E-state index contributed by atoms with van der Waals surface area (Å²) in [6.45, 7) is 2.95. The number of carbonyl (C=O) groups is 1. The van der Waals surface area contributed by atoms with Crippen molar-refractivity contribution in [3.63, 3.8) is 0 Å². The van der Waals surface area contributed by atoms with Gasteiger partial charge in [-0.2, -0.15) is 0 Å². The van der Waals surface area contributed by atoms with E-state index in [1.54, 1.807) is 0 Å². The largest absolute Gasteiger partial charge is 0.481 e. The summed E-state index contributed by atoms with van der Waals surface area (Å²) in [6, 6.07) is 0. The lowest BCUT2D eigenvalue weighted by atomic mass is 9.90. The van der Waals surface area contributed by atoms with E-state index < -0.39 is 5.97 Å². The van der Waals surface area contributed by atoms with E-state index in [0.717, 1.165) is 43.8 Å². The Morgan fingerprint density at radius 1 is 1.50 bits per heavy atom. The zero-order chi connectivity index (χ0) is 14.3. The summed E-state index contributed by atoms with van der Waals surface area (Å²) < 4.78 is 7.96. The van der Waals surface area contributed by atoms with Crippen molar-refractivity contribution in [1.82, 2.24) is 9.55 Å². The lowest BCUT2D eigenvalue weighted by molar-refractivity contribution is -0.142. The van der Waals surface area contributed by atoms with Gasteiger partial charge >= 0.3 is 5.97 Å². The van der Waals surface area contributed by atoms with Crippen molar-refractivity contribution in [2.45, 2.75) is 51.0 Å². The van der Waals surface area contributed by atoms with Gasteiger partial charge in [0.2, 0.25) is 0 Å². The number of hydrogen-bond acceptors (Lipinski definition) is 3. The van der Waals surface area contributed by atoms with E-state index in [1.807, 2.05) is 0 Å². The quantitative estimate of drug-likeness (QED) is 0.917. The number of carboxylic acid groups (broad SMARTS) is 1. The maximum absolute atomic E-state index is 11.2. The smallest absolute Gasteiger partial charge is 0.306 e. The lowest BCUT2D eigenvalue weighted by Crippen LogP contribution is -2.23. The average Bonchev–Trinajstić information content (AvgIpc) is 3.02. The third kappa shape index (κ3) is 2.14. The fourth-order valence-corrected chi connectivity index (χ4v) is 3.62. The number of carboxylic acids is 1. The minimum atomic E-state index is -0.696. The molecule has 0 amide bonds. The molecule has 1 aliphatic carbocycles. The Balaban J connectivity index is 1.90. The van der Waals surface area contributed by atoms with Gasteiger partial charge in [-0.3, -0.25) is 4.79 Å². The summed E-state index contributed by atoms with van der Waals surface area (Å²) in [6.07, 6.45) is 4.39. The van der Waals surface area contributed by atoms with Crippen molar-refractivity contribution < 1.29 is 14.6 Å². The van der Waals surface area contributed by atoms with Crippen LogP contribution in [0.15, 0.2) is 0 Å². The summed E-state index contributed by atoms with van der Waals surface area (Å²) in [5.41, 5.74) is 2.21. The minimum absolute atomic E-state index is 0.257. The van der Waals surface area contributed by atoms with Crippen LogP contribution in [0.5, 0.6) is 0 Å². The summed E-state index contributed by atoms with van der Waals surface area (Å²) in [4.78, 5) is 15.9. The summed E-state index contributed by atoms with van der Waals surface area (Å²) in [5.74, 6) is 0.481. The second kappa shape index (κ2) is 5.20. The number of imidazole rings is 1. The molecule has 110 valence electrons. The molecule has 0 saturated carbocycles. The van der Waals surface area contributed by atoms with Gasteiger partial charge in [0.1, 0.15) is 5.82 Å². The van der Waals surface area contributed by atoms with E-state index in [0.29, 0.717) is 12.3 Å². The standard InChI is InChI=1S/C15H22N2O3/c1-3-13-10(6-7-20-13)14-16-11-8-9(15(18)19)4-5-12(11)17(14)2/h9-10,13H,3-8H2,1-2H3,(H,18,19). The van der Waals surface area contributed by atoms with Crippen molar-refractivity contribution in [2.24, 2.45) is 13.0 Å². The molecule has 2 heterocycles. The molecular formula is C15H22N2O3. The van der Waals surface area contributed by atoms with Crippen LogP contribution in [-0.4, -0.2) is 33.3 Å². The van der Waals surface area contributed by atoms with Gasteiger partial charge in [-0.1, -0.05) is 6.92 Å². The van der Waals surface area contributed by atoms with Gasteiger partial charge in [0.15, 0.2) is 0 Å². The van der Waals surface area contributed by atoms with Gasteiger partial charge in [-0.15, -0.1) is 0 Å². The van der Waals surface area contributed by atoms with Crippen LogP contribution in [-0.2, 0) is 29.4 Å². The molecule has 5 heteroatoms. The first-order chi connectivity index (χ1) is 9.61. The predicted molar refractivity (Wildman–Crippen MR) is 73.7 cm³/mol. The van der Waals surface area contributed by atoms with Crippen LogP contribution in [0.2, 0.25) is 0 Å². The SMILES string of the molecule is CCC1OCCC1c1nc2c(n1C)CCC(C(=O)O)C2. The number of aromatic nitrogens is 2. The Morgan fingerprint density at radius 3 is 3.00 bits per heavy atom. The van der Waals surface area contributed by atoms with Crippen LogP contribution in [0, 0.1) is 5.92 Å². The van der Waals surface area contributed by atoms with Gasteiger partial charge in [0, 0.05) is 31.7 Å². The molecule has 1 saturated heterocycles. The molecule has 3 atom stereocenters. The first-order valence-electron chi connectivity index (χ1n) is 7.50. The molecule has 0 radical (unpaired) electrons. The zero-order valence-corrected chi connectivity index (χ0v) is 12.1. The highest BCUT2D eigenvalue weighted by Crippen LogP contribution is 2.35. The minimum Gasteiger partial charge on any atom is -0.481 e. The second-order valence-electron chi connectivity index (χ2n) is 5.91. The number of ether oxygens (including phenoxy) is 1. The number of aliphatic carboxylic acids is 1. The molecule has 0 bridgehead atoms. The van der Waals surface area contributed by atoms with Gasteiger partial charge in [0.05, 0.1) is 17.7 Å². The molecule has 20 heavy (non-hydrogen) atoms. The number of rotatable bonds is 3. The Morgan fingerprint density at radius 2 is 2.30 bits per heavy atom. The monoisotopic (exact) mass is 278 g/mol. The van der Waals surface area contributed by atoms with Gasteiger partial charge in [-0.05, 0) is 25.7 Å². The number of fused-ring (bicyclic) bond motifs is 1.